The maximum Gasteiger partial charge on any atom is 0.267 e. The van der Waals surface area contributed by atoms with Gasteiger partial charge < -0.3 is 0 Å². The molecule has 0 aliphatic rings. The van der Waals surface area contributed by atoms with Crippen LogP contribution in [0.3, 0.4) is 0 Å². The quantitative estimate of drug-likeness (QED) is 0.384. The van der Waals surface area contributed by atoms with E-state index in [0.29, 0.717) is 22.6 Å². The molecule has 0 N–H and O–H groups in total. The Morgan fingerprint density at radius 3 is 2.00 bits per heavy atom. The van der Waals surface area contributed by atoms with Gasteiger partial charge in [0.1, 0.15) is 0 Å². The molecule has 6 nitrogen and oxygen atoms in total. The molecule has 0 spiro atoms. The molecule has 0 atom stereocenters. The van der Waals surface area contributed by atoms with Crippen LogP contribution in [0, 0.1) is 0 Å². The van der Waals surface area contributed by atoms with Crippen molar-refractivity contribution >= 4 is 38.7 Å². The van der Waals surface area contributed by atoms with Gasteiger partial charge in [-0.25, -0.2) is 18.9 Å². The first-order chi connectivity index (χ1) is 16.3. The van der Waals surface area contributed by atoms with E-state index < -0.39 is 0 Å². The summed E-state index contributed by atoms with van der Waals surface area (Å²) < 4.78 is 5.78. The van der Waals surface area contributed by atoms with Crippen molar-refractivity contribution in [3.63, 3.8) is 0 Å². The number of hydrogen-bond acceptors (Lipinski definition) is 3. The zero-order valence-corrected chi connectivity index (χ0v) is 17.5. The number of nitrogens with zero attached hydrogens (tertiary/aromatic N) is 5. The summed E-state index contributed by atoms with van der Waals surface area (Å²) in [5.74, 6) is 1.22. The third-order valence-corrected chi connectivity index (χ3v) is 6.08. The number of aromatic nitrogens is 5. The number of benzene rings is 4. The van der Waals surface area contributed by atoms with Crippen molar-refractivity contribution in [2.45, 2.75) is 0 Å². The predicted octanol–water partition coefficient (Wildman–Crippen LogP) is 5.13. The summed E-state index contributed by atoms with van der Waals surface area (Å²) in [6.07, 6.45) is 0. The number of fused-ring (bicyclic) bond motifs is 5. The van der Waals surface area contributed by atoms with E-state index in [1.807, 2.05) is 89.5 Å². The topological polar surface area (TPSA) is 57.1 Å². The third kappa shape index (κ3) is 2.46. The van der Waals surface area contributed by atoms with Crippen LogP contribution in [0.4, 0.5) is 0 Å². The van der Waals surface area contributed by atoms with Crippen molar-refractivity contribution in [2.24, 2.45) is 0 Å². The molecule has 4 aromatic carbocycles. The van der Waals surface area contributed by atoms with E-state index >= 15 is 0 Å². The van der Waals surface area contributed by atoms with Crippen molar-refractivity contribution in [3.8, 4) is 11.6 Å². The molecule has 0 aliphatic heterocycles. The second-order valence-electron chi connectivity index (χ2n) is 7.97. The highest BCUT2D eigenvalue weighted by Crippen LogP contribution is 2.29. The molecule has 0 radical (unpaired) electrons. The lowest BCUT2D eigenvalue weighted by molar-refractivity contribution is 0.926. The first-order valence-electron chi connectivity index (χ1n) is 10.8. The van der Waals surface area contributed by atoms with Gasteiger partial charge in [0.05, 0.1) is 33.0 Å². The minimum Gasteiger partial charge on any atom is -0.278 e. The summed E-state index contributed by atoms with van der Waals surface area (Å²) >= 11 is 0. The highest BCUT2D eigenvalue weighted by Gasteiger charge is 2.22. The fraction of sp³-hybridized carbons (Fsp3) is 0. The van der Waals surface area contributed by atoms with E-state index in [2.05, 4.69) is 22.8 Å². The van der Waals surface area contributed by atoms with Crippen LogP contribution in [0.2, 0.25) is 0 Å². The lowest BCUT2D eigenvalue weighted by Gasteiger charge is -2.11. The Hall–Kier alpha value is -4.71. The Kier molecular flexibility index (Phi) is 3.61. The van der Waals surface area contributed by atoms with Crippen molar-refractivity contribution in [1.29, 1.82) is 0 Å². The average Bonchev–Trinajstić information content (AvgIpc) is 3.40. The van der Waals surface area contributed by atoms with Gasteiger partial charge in [-0.05, 0) is 48.5 Å². The summed E-state index contributed by atoms with van der Waals surface area (Å²) in [4.78, 5) is 23.5. The number of para-hydroxylation sites is 6. The molecule has 0 bridgehead atoms. The van der Waals surface area contributed by atoms with Crippen LogP contribution in [0.5, 0.6) is 0 Å². The van der Waals surface area contributed by atoms with E-state index in [-0.39, 0.29) is 5.56 Å². The molecule has 3 aromatic heterocycles. The average molecular weight is 427 g/mol. The second kappa shape index (κ2) is 6.64. The molecule has 7 rings (SSSR count). The molecule has 156 valence electrons. The van der Waals surface area contributed by atoms with Gasteiger partial charge in [0.2, 0.25) is 11.7 Å². The summed E-state index contributed by atoms with van der Waals surface area (Å²) in [7, 11) is 0. The van der Waals surface area contributed by atoms with Gasteiger partial charge in [-0.2, -0.15) is 0 Å². The third-order valence-electron chi connectivity index (χ3n) is 6.08. The number of rotatable bonds is 2. The Morgan fingerprint density at radius 2 is 1.18 bits per heavy atom. The Balaban J connectivity index is 1.72. The minimum absolute atomic E-state index is 0.0899. The molecule has 0 aliphatic carbocycles. The van der Waals surface area contributed by atoms with Gasteiger partial charge in [-0.15, -0.1) is 0 Å². The smallest absolute Gasteiger partial charge is 0.267 e. The van der Waals surface area contributed by atoms with Gasteiger partial charge in [-0.1, -0.05) is 54.6 Å². The maximum absolute atomic E-state index is 13.6. The number of hydrogen-bond donors (Lipinski definition) is 0. The molecule has 6 heteroatoms. The molecule has 3 heterocycles. The molecule has 0 saturated carbocycles. The van der Waals surface area contributed by atoms with E-state index in [1.54, 1.807) is 4.40 Å². The first kappa shape index (κ1) is 17.9. The van der Waals surface area contributed by atoms with Crippen LogP contribution in [-0.4, -0.2) is 23.5 Å². The summed E-state index contributed by atoms with van der Waals surface area (Å²) in [5.41, 5.74) is 5.07. The normalized spacial score (nSPS) is 11.8. The molecule has 33 heavy (non-hydrogen) atoms. The second-order valence-corrected chi connectivity index (χ2v) is 7.97. The van der Waals surface area contributed by atoms with Crippen molar-refractivity contribution in [1.82, 2.24) is 23.5 Å². The van der Waals surface area contributed by atoms with Crippen LogP contribution >= 0.6 is 0 Å². The zero-order valence-electron chi connectivity index (χ0n) is 17.5. The largest absolute Gasteiger partial charge is 0.278 e. The maximum atomic E-state index is 13.6. The molecular formula is C27H17N5O. The van der Waals surface area contributed by atoms with E-state index in [0.717, 1.165) is 27.8 Å². The van der Waals surface area contributed by atoms with Crippen molar-refractivity contribution in [2.75, 3.05) is 0 Å². The fourth-order valence-corrected chi connectivity index (χ4v) is 4.63. The van der Waals surface area contributed by atoms with Crippen LogP contribution in [0.1, 0.15) is 0 Å². The summed E-state index contributed by atoms with van der Waals surface area (Å²) in [6.45, 7) is 0. The molecule has 7 aromatic rings. The van der Waals surface area contributed by atoms with Gasteiger partial charge in [0.15, 0.2) is 0 Å². The highest BCUT2D eigenvalue weighted by atomic mass is 16.1. The Morgan fingerprint density at radius 1 is 0.545 bits per heavy atom. The van der Waals surface area contributed by atoms with Crippen LogP contribution in [0.15, 0.2) is 108 Å². The van der Waals surface area contributed by atoms with Gasteiger partial charge in [-0.3, -0.25) is 9.36 Å². The van der Waals surface area contributed by atoms with Gasteiger partial charge in [0, 0.05) is 5.69 Å². The SMILES string of the molecule is O=c1c2ccccc2nc2n(-c3nc4ccccc4n3-c3ccccc3)c3ccccc3n12. The standard InChI is InChI=1S/C27H17N5O/c33-25-19-12-4-5-13-20(19)28-27-31(25)23-16-8-9-17-24(23)32(27)26-29-21-14-6-7-15-22(21)30(26)18-10-2-1-3-11-18/h1-17H. The monoisotopic (exact) mass is 427 g/mol. The minimum atomic E-state index is -0.0899. The first-order valence-corrected chi connectivity index (χ1v) is 10.8. The van der Waals surface area contributed by atoms with E-state index in [1.165, 1.54) is 0 Å². The van der Waals surface area contributed by atoms with Crippen molar-refractivity contribution < 1.29 is 0 Å². The molecule has 0 unspecified atom stereocenters. The van der Waals surface area contributed by atoms with Gasteiger partial charge in [0.25, 0.3) is 5.56 Å². The lowest BCUT2D eigenvalue weighted by Crippen LogP contribution is -2.15. The van der Waals surface area contributed by atoms with Gasteiger partial charge >= 0.3 is 0 Å². The zero-order chi connectivity index (χ0) is 21.9. The fourth-order valence-electron chi connectivity index (χ4n) is 4.63. The Bertz CT molecular complexity index is 1890. The van der Waals surface area contributed by atoms with Crippen LogP contribution in [0.25, 0.3) is 50.4 Å². The molecule has 0 fully saturated rings. The number of imidazole rings is 2. The van der Waals surface area contributed by atoms with Crippen LogP contribution < -0.4 is 5.56 Å². The highest BCUT2D eigenvalue weighted by molar-refractivity contribution is 5.88. The lowest BCUT2D eigenvalue weighted by atomic mass is 10.2. The predicted molar refractivity (Wildman–Crippen MR) is 130 cm³/mol. The summed E-state index contributed by atoms with van der Waals surface area (Å²) in [6, 6.07) is 33.5. The van der Waals surface area contributed by atoms with Crippen LogP contribution in [-0.2, 0) is 0 Å². The molecule has 0 saturated heterocycles. The van der Waals surface area contributed by atoms with E-state index in [4.69, 9.17) is 9.97 Å². The van der Waals surface area contributed by atoms with E-state index in [9.17, 15) is 4.79 Å². The molecule has 0 amide bonds. The summed E-state index contributed by atoms with van der Waals surface area (Å²) in [5, 5.41) is 0.592. The van der Waals surface area contributed by atoms with Crippen molar-refractivity contribution in [3.05, 3.63) is 113 Å². The Labute approximate surface area is 187 Å². The molecular weight excluding hydrogens is 410 g/mol.